The molecule has 0 radical (unpaired) electrons. The third-order valence-corrected chi connectivity index (χ3v) is 9.38. The van der Waals surface area contributed by atoms with Crippen molar-refractivity contribution in [3.63, 3.8) is 0 Å². The highest BCUT2D eigenvalue weighted by atomic mass is 127. The average molecular weight is 678 g/mol. The molecule has 1 aromatic heterocycles. The molecule has 1 N–H and O–H groups in total. The van der Waals surface area contributed by atoms with Crippen LogP contribution < -0.4 is 20.0 Å². The molecule has 3 aliphatic heterocycles. The Kier molecular flexibility index (Phi) is 8.35. The average Bonchev–Trinajstić information content (AvgIpc) is 3.03. The van der Waals surface area contributed by atoms with Crippen LogP contribution in [0.5, 0.6) is 0 Å². The van der Waals surface area contributed by atoms with Gasteiger partial charge in [0.15, 0.2) is 5.82 Å². The van der Waals surface area contributed by atoms with Gasteiger partial charge in [-0.05, 0) is 37.4 Å². The third-order valence-electron chi connectivity index (χ3n) is 8.60. The fraction of sp³-hybridized carbons (Fsp3) is 0.419. The number of likely N-dealkylation sites (N-methyl/N-ethyl adjacent to an activating group) is 1. The Labute approximate surface area is 261 Å². The van der Waals surface area contributed by atoms with Crippen LogP contribution in [0.3, 0.4) is 0 Å². The Morgan fingerprint density at radius 1 is 1.14 bits per heavy atom. The zero-order chi connectivity index (χ0) is 29.2. The number of hydrogen-bond acceptors (Lipinski definition) is 9. The molecule has 3 aromatic rings. The van der Waals surface area contributed by atoms with Gasteiger partial charge in [-0.1, -0.05) is 43.0 Å². The number of nitrogens with one attached hydrogen (secondary N) is 1. The lowest BCUT2D eigenvalue weighted by Crippen LogP contribution is -2.55. The van der Waals surface area contributed by atoms with Gasteiger partial charge < -0.3 is 24.9 Å². The zero-order valence-corrected chi connectivity index (χ0v) is 26.1. The van der Waals surface area contributed by atoms with Gasteiger partial charge in [0.1, 0.15) is 5.69 Å². The van der Waals surface area contributed by atoms with Gasteiger partial charge in [-0.2, -0.15) is 10.2 Å². The van der Waals surface area contributed by atoms with Crippen molar-refractivity contribution in [1.29, 1.82) is 5.26 Å². The maximum atomic E-state index is 12.6. The highest BCUT2D eigenvalue weighted by Gasteiger charge is 2.34. The van der Waals surface area contributed by atoms with Crippen LogP contribution in [0.15, 0.2) is 55.1 Å². The Hall–Kier alpha value is -3.63. The molecule has 6 rings (SSSR count). The Morgan fingerprint density at radius 2 is 1.98 bits per heavy atom. The molecule has 0 saturated carbocycles. The molecule has 2 aromatic carbocycles. The first-order valence-electron chi connectivity index (χ1n) is 14.5. The lowest BCUT2D eigenvalue weighted by Gasteiger charge is -2.43. The molecule has 3 aliphatic rings. The third kappa shape index (κ3) is 5.57. The summed E-state index contributed by atoms with van der Waals surface area (Å²) in [6, 6.07) is 17.4. The summed E-state index contributed by atoms with van der Waals surface area (Å²) in [7, 11) is 2.12. The number of carbonyl (C=O) groups is 1. The topological polar surface area (TPSA) is 94.9 Å². The Morgan fingerprint density at radius 3 is 2.79 bits per heavy atom. The van der Waals surface area contributed by atoms with E-state index in [1.807, 2.05) is 0 Å². The minimum absolute atomic E-state index is 0.133. The SMILES string of the molecule is C=CC(=O)N1CCN(c2nc(N3CCCC(N(C)I)C3)nc3c2NCN(c2cccc4ccccc24)C3)C[C@@H]1CC#N. The summed E-state index contributed by atoms with van der Waals surface area (Å²) in [5.41, 5.74) is 3.07. The number of amides is 1. The highest BCUT2D eigenvalue weighted by molar-refractivity contribution is 14.1. The molecule has 10 nitrogen and oxygen atoms in total. The number of nitriles is 1. The monoisotopic (exact) mass is 677 g/mol. The smallest absolute Gasteiger partial charge is 0.246 e. The number of rotatable bonds is 6. The number of nitrogens with zero attached hydrogens (tertiary/aromatic N) is 8. The van der Waals surface area contributed by atoms with Crippen molar-refractivity contribution in [3.8, 4) is 6.07 Å². The van der Waals surface area contributed by atoms with E-state index in [4.69, 9.17) is 9.97 Å². The van der Waals surface area contributed by atoms with E-state index in [1.165, 1.54) is 22.5 Å². The lowest BCUT2D eigenvalue weighted by molar-refractivity contribution is -0.128. The van der Waals surface area contributed by atoms with Crippen LogP contribution in [-0.4, -0.2) is 82.4 Å². The number of carbonyl (C=O) groups excluding carboxylic acids is 1. The van der Waals surface area contributed by atoms with Crippen LogP contribution in [0.25, 0.3) is 10.8 Å². The van der Waals surface area contributed by atoms with Gasteiger partial charge in [0.2, 0.25) is 11.9 Å². The number of anilines is 4. The van der Waals surface area contributed by atoms with Crippen LogP contribution in [-0.2, 0) is 11.3 Å². The quantitative estimate of drug-likeness (QED) is 0.232. The van der Waals surface area contributed by atoms with Gasteiger partial charge in [-0.15, -0.1) is 0 Å². The van der Waals surface area contributed by atoms with Crippen molar-refractivity contribution in [2.75, 3.05) is 66.5 Å². The van der Waals surface area contributed by atoms with E-state index in [0.29, 0.717) is 38.9 Å². The number of benzene rings is 2. The number of piperidine rings is 1. The second kappa shape index (κ2) is 12.3. The molecule has 1 unspecified atom stereocenters. The van der Waals surface area contributed by atoms with Crippen LogP contribution in [0.4, 0.5) is 23.1 Å². The summed E-state index contributed by atoms with van der Waals surface area (Å²) >= 11 is 2.38. The summed E-state index contributed by atoms with van der Waals surface area (Å²) in [6.07, 6.45) is 3.83. The zero-order valence-electron chi connectivity index (χ0n) is 23.9. The van der Waals surface area contributed by atoms with Gasteiger partial charge in [0.25, 0.3) is 0 Å². The Balaban J connectivity index is 1.38. The molecule has 2 fully saturated rings. The molecule has 218 valence electrons. The maximum Gasteiger partial charge on any atom is 0.246 e. The first-order valence-corrected chi connectivity index (χ1v) is 15.5. The van der Waals surface area contributed by atoms with Crippen molar-refractivity contribution >= 4 is 62.7 Å². The number of hydrogen-bond donors (Lipinski definition) is 1. The van der Waals surface area contributed by atoms with E-state index in [-0.39, 0.29) is 18.4 Å². The molecule has 2 saturated heterocycles. The minimum atomic E-state index is -0.230. The van der Waals surface area contributed by atoms with Gasteiger partial charge in [-0.3, -0.25) is 4.79 Å². The molecule has 2 atom stereocenters. The van der Waals surface area contributed by atoms with E-state index >= 15 is 0 Å². The minimum Gasteiger partial charge on any atom is -0.363 e. The van der Waals surface area contributed by atoms with E-state index in [1.54, 1.807) is 4.90 Å². The second-order valence-corrected chi connectivity index (χ2v) is 12.7. The predicted molar refractivity (Wildman–Crippen MR) is 176 cm³/mol. The highest BCUT2D eigenvalue weighted by Crippen LogP contribution is 2.37. The largest absolute Gasteiger partial charge is 0.363 e. The number of piperazine rings is 1. The van der Waals surface area contributed by atoms with Crippen molar-refractivity contribution in [1.82, 2.24) is 18.0 Å². The van der Waals surface area contributed by atoms with E-state index in [2.05, 4.69) is 108 Å². The normalized spacial score (nSPS) is 20.7. The van der Waals surface area contributed by atoms with Crippen LogP contribution >= 0.6 is 22.9 Å². The summed E-state index contributed by atoms with van der Waals surface area (Å²) in [4.78, 5) is 31.6. The van der Waals surface area contributed by atoms with Gasteiger partial charge in [0, 0.05) is 72.7 Å². The number of aromatic nitrogens is 2. The molecular weight excluding hydrogens is 641 g/mol. The molecular formula is C31H36IN9O. The summed E-state index contributed by atoms with van der Waals surface area (Å²) in [6.45, 7) is 8.40. The van der Waals surface area contributed by atoms with E-state index in [0.717, 1.165) is 49.1 Å². The molecule has 4 heterocycles. The van der Waals surface area contributed by atoms with Crippen LogP contribution in [0.2, 0.25) is 0 Å². The number of halogens is 1. The number of fused-ring (bicyclic) bond motifs is 2. The van der Waals surface area contributed by atoms with Crippen molar-refractivity contribution in [2.45, 2.75) is 37.9 Å². The molecule has 42 heavy (non-hydrogen) atoms. The molecule has 1 amide bonds. The molecule has 0 spiro atoms. The fourth-order valence-electron chi connectivity index (χ4n) is 6.37. The second-order valence-electron chi connectivity index (χ2n) is 11.2. The van der Waals surface area contributed by atoms with Crippen molar-refractivity contribution in [2.24, 2.45) is 0 Å². The Bertz CT molecular complexity index is 1520. The predicted octanol–water partition coefficient (Wildman–Crippen LogP) is 4.39. The van der Waals surface area contributed by atoms with Crippen LogP contribution in [0, 0.1) is 11.3 Å². The fourth-order valence-corrected chi connectivity index (χ4v) is 6.83. The first-order chi connectivity index (χ1) is 20.5. The maximum absolute atomic E-state index is 12.6. The van der Waals surface area contributed by atoms with Gasteiger partial charge in [-0.25, -0.2) is 8.10 Å². The summed E-state index contributed by atoms with van der Waals surface area (Å²) in [5.74, 6) is 1.47. The molecule has 0 aliphatic carbocycles. The first kappa shape index (κ1) is 28.5. The summed E-state index contributed by atoms with van der Waals surface area (Å²) < 4.78 is 2.26. The molecule has 11 heteroatoms. The van der Waals surface area contributed by atoms with Crippen LogP contribution in [0.1, 0.15) is 25.0 Å². The standard InChI is InChI=1S/C31H36IN9O/c1-3-28(42)41-17-16-38(19-24(41)13-14-33)30-29-26(35-31(36-30)39-15-7-10-23(18-39)37(2)32)20-40(21-34-29)27-12-6-9-22-8-4-5-11-25(22)27/h3-6,8-9,11-12,23-24,34H,1,7,10,13,15-21H2,2H3/t23?,24-/m0/s1. The summed E-state index contributed by atoms with van der Waals surface area (Å²) in [5, 5.41) is 15.6. The van der Waals surface area contributed by atoms with Crippen molar-refractivity contribution < 1.29 is 4.79 Å². The van der Waals surface area contributed by atoms with Gasteiger partial charge >= 0.3 is 0 Å². The molecule has 0 bridgehead atoms. The van der Waals surface area contributed by atoms with Gasteiger partial charge in [0.05, 0.1) is 37.4 Å². The lowest BCUT2D eigenvalue weighted by atomic mass is 10.1. The van der Waals surface area contributed by atoms with E-state index < -0.39 is 0 Å². The van der Waals surface area contributed by atoms with Crippen molar-refractivity contribution in [3.05, 3.63) is 60.8 Å². The van der Waals surface area contributed by atoms with E-state index in [9.17, 15) is 10.1 Å².